The fourth-order valence-corrected chi connectivity index (χ4v) is 2.37. The summed E-state index contributed by atoms with van der Waals surface area (Å²) in [6, 6.07) is 8.45. The van der Waals surface area contributed by atoms with Crippen LogP contribution in [-0.2, 0) is 5.33 Å². The first-order chi connectivity index (χ1) is 9.54. The average Bonchev–Trinajstić information content (AvgIpc) is 2.41. The third kappa shape index (κ3) is 2.91. The first-order valence-electron chi connectivity index (χ1n) is 5.48. The largest absolute Gasteiger partial charge is 0.448 e. The summed E-state index contributed by atoms with van der Waals surface area (Å²) in [6.45, 7) is 0. The molecule has 0 aliphatic rings. The quantitative estimate of drug-likeness (QED) is 0.434. The van der Waals surface area contributed by atoms with Gasteiger partial charge in [0.05, 0.1) is 9.95 Å². The Morgan fingerprint density at radius 2 is 2.00 bits per heavy atom. The molecule has 0 N–H and O–H groups in total. The number of ether oxygens (including phenoxy) is 1. The van der Waals surface area contributed by atoms with Crippen LogP contribution in [0, 0.1) is 15.9 Å². The van der Waals surface area contributed by atoms with E-state index in [1.165, 1.54) is 36.4 Å². The van der Waals surface area contributed by atoms with Crippen LogP contribution < -0.4 is 4.74 Å². The number of para-hydroxylation sites is 1. The van der Waals surface area contributed by atoms with Gasteiger partial charge in [0.2, 0.25) is 5.75 Å². The molecular weight excluding hydrogens is 353 g/mol. The van der Waals surface area contributed by atoms with Gasteiger partial charge in [0.15, 0.2) is 0 Å². The number of alkyl halides is 1. The molecule has 0 bridgehead atoms. The van der Waals surface area contributed by atoms with Crippen LogP contribution in [-0.4, -0.2) is 4.92 Å². The summed E-state index contributed by atoms with van der Waals surface area (Å²) in [5, 5.41) is 11.3. The topological polar surface area (TPSA) is 52.4 Å². The maximum atomic E-state index is 13.6. The second-order valence-corrected chi connectivity index (χ2v) is 4.77. The number of nitro benzene ring substituents is 1. The van der Waals surface area contributed by atoms with Gasteiger partial charge in [-0.2, -0.15) is 0 Å². The lowest BCUT2D eigenvalue weighted by Crippen LogP contribution is -1.97. The third-order valence-corrected chi connectivity index (χ3v) is 3.42. The van der Waals surface area contributed by atoms with E-state index in [0.717, 1.165) is 0 Å². The minimum Gasteiger partial charge on any atom is -0.448 e. The van der Waals surface area contributed by atoms with Crippen LogP contribution in [0.3, 0.4) is 0 Å². The maximum Gasteiger partial charge on any atom is 0.313 e. The van der Waals surface area contributed by atoms with Gasteiger partial charge in [0.25, 0.3) is 0 Å². The van der Waals surface area contributed by atoms with Gasteiger partial charge in [0, 0.05) is 17.0 Å². The Labute approximate surface area is 127 Å². The molecule has 104 valence electrons. The van der Waals surface area contributed by atoms with E-state index >= 15 is 0 Å². The number of hydrogen-bond donors (Lipinski definition) is 0. The van der Waals surface area contributed by atoms with Crippen LogP contribution in [0.1, 0.15) is 5.56 Å². The van der Waals surface area contributed by atoms with E-state index in [9.17, 15) is 14.5 Å². The molecule has 0 aliphatic heterocycles. The van der Waals surface area contributed by atoms with E-state index in [-0.39, 0.29) is 33.1 Å². The lowest BCUT2D eigenvalue weighted by atomic mass is 10.2. The van der Waals surface area contributed by atoms with Gasteiger partial charge < -0.3 is 4.74 Å². The number of halogens is 3. The third-order valence-electron chi connectivity index (χ3n) is 2.56. The van der Waals surface area contributed by atoms with Crippen LogP contribution in [0.5, 0.6) is 11.5 Å². The zero-order chi connectivity index (χ0) is 14.7. The number of nitro groups is 1. The minimum atomic E-state index is -0.603. The molecule has 0 radical (unpaired) electrons. The van der Waals surface area contributed by atoms with Gasteiger partial charge in [-0.1, -0.05) is 39.7 Å². The number of nitrogens with zero attached hydrogens (tertiary/aromatic N) is 1. The minimum absolute atomic E-state index is 0.0870. The van der Waals surface area contributed by atoms with Crippen molar-refractivity contribution in [2.24, 2.45) is 0 Å². The van der Waals surface area contributed by atoms with E-state index in [2.05, 4.69) is 15.9 Å². The summed E-state index contributed by atoms with van der Waals surface area (Å²) in [7, 11) is 0. The number of rotatable bonds is 4. The van der Waals surface area contributed by atoms with Crippen molar-refractivity contribution in [2.75, 3.05) is 0 Å². The molecule has 4 nitrogen and oxygen atoms in total. The van der Waals surface area contributed by atoms with Crippen LogP contribution in [0.15, 0.2) is 36.4 Å². The molecule has 0 heterocycles. The van der Waals surface area contributed by atoms with Crippen molar-refractivity contribution in [2.45, 2.75) is 5.33 Å². The Morgan fingerprint density at radius 1 is 1.30 bits per heavy atom. The molecule has 0 saturated carbocycles. The molecule has 0 aliphatic carbocycles. The zero-order valence-electron chi connectivity index (χ0n) is 9.98. The fraction of sp³-hybridized carbons (Fsp3) is 0.0769. The van der Waals surface area contributed by atoms with Gasteiger partial charge in [-0.3, -0.25) is 10.1 Å². The van der Waals surface area contributed by atoms with Gasteiger partial charge in [0.1, 0.15) is 11.6 Å². The lowest BCUT2D eigenvalue weighted by molar-refractivity contribution is -0.385. The molecule has 0 fully saturated rings. The van der Waals surface area contributed by atoms with E-state index in [0.29, 0.717) is 0 Å². The van der Waals surface area contributed by atoms with Crippen molar-refractivity contribution in [3.05, 3.63) is 62.9 Å². The average molecular weight is 361 g/mol. The summed E-state index contributed by atoms with van der Waals surface area (Å²) in [4.78, 5) is 10.4. The van der Waals surface area contributed by atoms with E-state index in [4.69, 9.17) is 16.3 Å². The molecule has 2 aromatic carbocycles. The summed E-state index contributed by atoms with van der Waals surface area (Å²) in [6.07, 6.45) is 0. The molecule has 2 aromatic rings. The highest BCUT2D eigenvalue weighted by Crippen LogP contribution is 2.39. The summed E-state index contributed by atoms with van der Waals surface area (Å²) < 4.78 is 19.1. The molecule has 7 heteroatoms. The molecule has 0 atom stereocenters. The monoisotopic (exact) mass is 359 g/mol. The predicted molar refractivity (Wildman–Crippen MR) is 77.2 cm³/mol. The fourth-order valence-electron chi connectivity index (χ4n) is 1.62. The van der Waals surface area contributed by atoms with Crippen LogP contribution in [0.2, 0.25) is 5.02 Å². The van der Waals surface area contributed by atoms with Gasteiger partial charge >= 0.3 is 5.69 Å². The molecule has 0 amide bonds. The normalized spacial score (nSPS) is 10.3. The molecule has 0 unspecified atom stereocenters. The molecule has 2 rings (SSSR count). The first-order valence-corrected chi connectivity index (χ1v) is 6.98. The Balaban J connectivity index is 2.50. The summed E-state index contributed by atoms with van der Waals surface area (Å²) >= 11 is 9.08. The second kappa shape index (κ2) is 6.19. The Morgan fingerprint density at radius 3 is 2.65 bits per heavy atom. The van der Waals surface area contributed by atoms with E-state index < -0.39 is 10.7 Å². The van der Waals surface area contributed by atoms with Crippen molar-refractivity contribution in [1.82, 2.24) is 0 Å². The second-order valence-electron chi connectivity index (χ2n) is 3.80. The molecular formula is C13H8BrClFNO3. The smallest absolute Gasteiger partial charge is 0.313 e. The summed E-state index contributed by atoms with van der Waals surface area (Å²) in [5.41, 5.74) is -0.0102. The maximum absolute atomic E-state index is 13.6. The van der Waals surface area contributed by atoms with Gasteiger partial charge in [-0.15, -0.1) is 0 Å². The molecule has 0 saturated heterocycles. The van der Waals surface area contributed by atoms with Crippen molar-refractivity contribution in [1.29, 1.82) is 0 Å². The Bertz CT molecular complexity index is 666. The van der Waals surface area contributed by atoms with Crippen LogP contribution >= 0.6 is 27.5 Å². The zero-order valence-corrected chi connectivity index (χ0v) is 12.3. The number of hydrogen-bond acceptors (Lipinski definition) is 3. The van der Waals surface area contributed by atoms with Gasteiger partial charge in [-0.25, -0.2) is 4.39 Å². The summed E-state index contributed by atoms with van der Waals surface area (Å²) in [5.74, 6) is -0.390. The highest BCUT2D eigenvalue weighted by atomic mass is 79.9. The predicted octanol–water partition coefficient (Wildman–Crippen LogP) is 5.07. The van der Waals surface area contributed by atoms with E-state index in [1.54, 1.807) is 0 Å². The Hall–Kier alpha value is -1.66. The molecule has 0 spiro atoms. The standard InChI is InChI=1S/C13H8BrClFNO3/c14-7-8-10(16)4-2-6-12(8)20-13-9(15)3-1-5-11(13)17(18)19/h1-6H,7H2. The molecule has 0 aromatic heterocycles. The van der Waals surface area contributed by atoms with Crippen molar-refractivity contribution in [3.8, 4) is 11.5 Å². The highest BCUT2D eigenvalue weighted by Gasteiger charge is 2.20. The van der Waals surface area contributed by atoms with Crippen LogP contribution in [0.4, 0.5) is 10.1 Å². The van der Waals surface area contributed by atoms with Crippen LogP contribution in [0.25, 0.3) is 0 Å². The molecule has 20 heavy (non-hydrogen) atoms. The van der Waals surface area contributed by atoms with Gasteiger partial charge in [-0.05, 0) is 18.2 Å². The highest BCUT2D eigenvalue weighted by molar-refractivity contribution is 9.08. The van der Waals surface area contributed by atoms with Crippen molar-refractivity contribution in [3.63, 3.8) is 0 Å². The van der Waals surface area contributed by atoms with Crippen molar-refractivity contribution < 1.29 is 14.1 Å². The number of benzene rings is 2. The SMILES string of the molecule is O=[N+]([O-])c1cccc(Cl)c1Oc1cccc(F)c1CBr. The Kier molecular flexibility index (Phi) is 4.57. The van der Waals surface area contributed by atoms with E-state index in [1.807, 2.05) is 0 Å². The van der Waals surface area contributed by atoms with Crippen molar-refractivity contribution >= 4 is 33.2 Å². The lowest BCUT2D eigenvalue weighted by Gasteiger charge is -2.11. The first kappa shape index (κ1) is 14.7.